The first-order chi connectivity index (χ1) is 15.0. The molecule has 32 heavy (non-hydrogen) atoms. The van der Waals surface area contributed by atoms with Gasteiger partial charge in [-0.3, -0.25) is 4.79 Å². The van der Waals surface area contributed by atoms with Crippen molar-refractivity contribution >= 4 is 35.7 Å². The molecule has 9 heteroatoms. The molecule has 1 aromatic heterocycles. The average molecular weight is 485 g/mol. The number of esters is 1. The summed E-state index contributed by atoms with van der Waals surface area (Å²) >= 11 is 1.89. The fourth-order valence-corrected chi connectivity index (χ4v) is 6.18. The summed E-state index contributed by atoms with van der Waals surface area (Å²) < 4.78 is 5.34. The van der Waals surface area contributed by atoms with Crippen LogP contribution < -0.4 is 10.6 Å². The maximum atomic E-state index is 12.8. The Morgan fingerprint density at radius 1 is 1.09 bits per heavy atom. The highest BCUT2D eigenvalue weighted by atomic mass is 35.5. The van der Waals surface area contributed by atoms with E-state index in [2.05, 4.69) is 10.6 Å². The normalized spacial score (nSPS) is 24.3. The van der Waals surface area contributed by atoms with Gasteiger partial charge in [-0.25, -0.2) is 9.78 Å². The number of thiazole rings is 1. The summed E-state index contributed by atoms with van der Waals surface area (Å²) in [4.78, 5) is 33.2. The van der Waals surface area contributed by atoms with Gasteiger partial charge < -0.3 is 20.3 Å². The van der Waals surface area contributed by atoms with Gasteiger partial charge in [0.2, 0.25) is 0 Å². The van der Waals surface area contributed by atoms with Gasteiger partial charge in [0.05, 0.1) is 22.7 Å². The SMILES string of the molecule is CC(C)OC(=O)C1CCC(NC(=O)N2CCC(c3nc4c(s3)CCNCC4)CC2)CC1.Cl. The quantitative estimate of drug-likeness (QED) is 0.637. The first-order valence-corrected chi connectivity index (χ1v) is 12.8. The second kappa shape index (κ2) is 11.7. The number of urea groups is 1. The van der Waals surface area contributed by atoms with Crippen molar-refractivity contribution in [2.45, 2.75) is 83.3 Å². The Labute approximate surface area is 201 Å². The number of likely N-dealkylation sites (tertiary alicyclic amines) is 1. The number of hydrogen-bond donors (Lipinski definition) is 2. The van der Waals surface area contributed by atoms with Crippen molar-refractivity contribution < 1.29 is 14.3 Å². The summed E-state index contributed by atoms with van der Waals surface area (Å²) in [5.41, 5.74) is 1.29. The number of aromatic nitrogens is 1. The van der Waals surface area contributed by atoms with E-state index in [1.54, 1.807) is 0 Å². The predicted molar refractivity (Wildman–Crippen MR) is 129 cm³/mol. The lowest BCUT2D eigenvalue weighted by Gasteiger charge is -2.34. The van der Waals surface area contributed by atoms with Gasteiger partial charge in [0.1, 0.15) is 0 Å². The zero-order chi connectivity index (χ0) is 21.8. The fourth-order valence-electron chi connectivity index (χ4n) is 4.90. The minimum absolute atomic E-state index is 0. The van der Waals surface area contributed by atoms with Gasteiger partial charge in [-0.15, -0.1) is 23.7 Å². The number of rotatable bonds is 4. The molecule has 3 heterocycles. The van der Waals surface area contributed by atoms with E-state index >= 15 is 0 Å². The largest absolute Gasteiger partial charge is 0.463 e. The third kappa shape index (κ3) is 6.35. The minimum Gasteiger partial charge on any atom is -0.463 e. The van der Waals surface area contributed by atoms with Gasteiger partial charge in [-0.05, 0) is 58.8 Å². The van der Waals surface area contributed by atoms with Crippen LogP contribution in [0, 0.1) is 5.92 Å². The Balaban J connectivity index is 0.00000289. The smallest absolute Gasteiger partial charge is 0.317 e. The molecule has 0 radical (unpaired) electrons. The maximum Gasteiger partial charge on any atom is 0.317 e. The number of fused-ring (bicyclic) bond motifs is 1. The number of carbonyl (C=O) groups is 2. The standard InChI is InChI=1S/C23H36N4O3S.ClH/c1-15(2)30-22(28)17-3-5-18(6-4-17)25-23(29)27-13-9-16(10-14-27)21-26-19-7-11-24-12-8-20(19)31-21;/h15-18,24H,3-14H2,1-2H3,(H,25,29);1H. The lowest BCUT2D eigenvalue weighted by atomic mass is 9.86. The third-order valence-corrected chi connectivity index (χ3v) is 8.05. The predicted octanol–water partition coefficient (Wildman–Crippen LogP) is 3.65. The van der Waals surface area contributed by atoms with Crippen molar-refractivity contribution in [3.63, 3.8) is 0 Å². The number of nitrogens with one attached hydrogen (secondary N) is 2. The van der Waals surface area contributed by atoms with Crippen molar-refractivity contribution in [3.05, 3.63) is 15.6 Å². The molecule has 1 aliphatic carbocycles. The monoisotopic (exact) mass is 484 g/mol. The number of piperidine rings is 1. The molecule has 7 nitrogen and oxygen atoms in total. The van der Waals surface area contributed by atoms with Crippen LogP contribution in [-0.4, -0.2) is 60.2 Å². The molecular formula is C23H37ClN4O3S. The van der Waals surface area contributed by atoms with Crippen LogP contribution in [0.1, 0.15) is 73.9 Å². The highest BCUT2D eigenvalue weighted by molar-refractivity contribution is 7.11. The van der Waals surface area contributed by atoms with Gasteiger partial charge >= 0.3 is 12.0 Å². The molecular weight excluding hydrogens is 448 g/mol. The first-order valence-electron chi connectivity index (χ1n) is 11.9. The minimum atomic E-state index is -0.0856. The van der Waals surface area contributed by atoms with Crippen molar-refractivity contribution in [2.75, 3.05) is 26.2 Å². The van der Waals surface area contributed by atoms with Crippen molar-refractivity contribution in [1.82, 2.24) is 20.5 Å². The van der Waals surface area contributed by atoms with Crippen LogP contribution in [0.3, 0.4) is 0 Å². The third-order valence-electron chi connectivity index (χ3n) is 6.73. The number of amides is 2. The van der Waals surface area contributed by atoms with Crippen LogP contribution >= 0.6 is 23.7 Å². The molecule has 3 aliphatic rings. The molecule has 2 amide bonds. The van der Waals surface area contributed by atoms with E-state index in [1.165, 1.54) is 15.6 Å². The van der Waals surface area contributed by atoms with Crippen LogP contribution in [0.4, 0.5) is 4.79 Å². The molecule has 2 aliphatic heterocycles. The zero-order valence-electron chi connectivity index (χ0n) is 19.2. The highest BCUT2D eigenvalue weighted by Crippen LogP contribution is 2.34. The summed E-state index contributed by atoms with van der Waals surface area (Å²) in [6.07, 6.45) is 7.32. The molecule has 0 bridgehead atoms. The molecule has 1 aromatic rings. The van der Waals surface area contributed by atoms with E-state index in [4.69, 9.17) is 9.72 Å². The molecule has 0 unspecified atom stereocenters. The Morgan fingerprint density at radius 2 is 1.78 bits per heavy atom. The van der Waals surface area contributed by atoms with Gasteiger partial charge in [0, 0.05) is 49.4 Å². The van der Waals surface area contributed by atoms with Crippen molar-refractivity contribution in [2.24, 2.45) is 5.92 Å². The van der Waals surface area contributed by atoms with E-state index < -0.39 is 0 Å². The Bertz CT molecular complexity index is 748. The Morgan fingerprint density at radius 3 is 2.47 bits per heavy atom. The van der Waals surface area contributed by atoms with Crippen LogP contribution in [0.15, 0.2) is 0 Å². The number of halogens is 1. The van der Waals surface area contributed by atoms with E-state index in [-0.39, 0.29) is 42.5 Å². The van der Waals surface area contributed by atoms with Crippen LogP contribution in [0.25, 0.3) is 0 Å². The van der Waals surface area contributed by atoms with E-state index in [1.807, 2.05) is 30.1 Å². The molecule has 2 fully saturated rings. The van der Waals surface area contributed by atoms with Gasteiger partial charge in [0.15, 0.2) is 0 Å². The summed E-state index contributed by atoms with van der Waals surface area (Å²) in [5, 5.41) is 7.92. The molecule has 1 saturated carbocycles. The van der Waals surface area contributed by atoms with Crippen LogP contribution in [0.5, 0.6) is 0 Å². The van der Waals surface area contributed by atoms with Gasteiger partial charge in [-0.2, -0.15) is 0 Å². The number of nitrogens with zero attached hydrogens (tertiary/aromatic N) is 2. The van der Waals surface area contributed by atoms with Crippen LogP contribution in [-0.2, 0) is 22.4 Å². The first kappa shape index (κ1) is 25.2. The second-order valence-electron chi connectivity index (χ2n) is 9.42. The van der Waals surface area contributed by atoms with Gasteiger partial charge in [0.25, 0.3) is 0 Å². The fraction of sp³-hybridized carbons (Fsp3) is 0.783. The summed E-state index contributed by atoms with van der Waals surface area (Å²) in [5.74, 6) is 0.379. The second-order valence-corrected chi connectivity index (χ2v) is 10.5. The van der Waals surface area contributed by atoms with E-state index in [0.717, 1.165) is 77.5 Å². The topological polar surface area (TPSA) is 83.6 Å². The molecule has 1 saturated heterocycles. The number of hydrogen-bond acceptors (Lipinski definition) is 6. The lowest BCUT2D eigenvalue weighted by Crippen LogP contribution is -2.48. The zero-order valence-corrected chi connectivity index (χ0v) is 20.9. The molecule has 180 valence electrons. The van der Waals surface area contributed by atoms with Crippen molar-refractivity contribution in [3.8, 4) is 0 Å². The Hall–Kier alpha value is -1.38. The number of carbonyl (C=O) groups excluding carboxylic acids is 2. The van der Waals surface area contributed by atoms with Crippen LogP contribution in [0.2, 0.25) is 0 Å². The van der Waals surface area contributed by atoms with E-state index in [9.17, 15) is 9.59 Å². The Kier molecular flexibility index (Phi) is 9.20. The summed E-state index contributed by atoms with van der Waals surface area (Å²) in [6, 6.07) is 0.212. The van der Waals surface area contributed by atoms with Gasteiger partial charge in [-0.1, -0.05) is 0 Å². The maximum absolute atomic E-state index is 12.8. The molecule has 2 N–H and O–H groups in total. The molecule has 4 rings (SSSR count). The van der Waals surface area contributed by atoms with Crippen molar-refractivity contribution in [1.29, 1.82) is 0 Å². The molecule has 0 aromatic carbocycles. The summed E-state index contributed by atoms with van der Waals surface area (Å²) in [6.45, 7) is 7.42. The average Bonchev–Trinajstić information content (AvgIpc) is 3.04. The lowest BCUT2D eigenvalue weighted by molar-refractivity contribution is -0.153. The highest BCUT2D eigenvalue weighted by Gasteiger charge is 2.31. The molecule has 0 atom stereocenters. The summed E-state index contributed by atoms with van der Waals surface area (Å²) in [7, 11) is 0. The molecule has 0 spiro atoms. The van der Waals surface area contributed by atoms with E-state index in [0.29, 0.717) is 5.92 Å². The number of ether oxygens (including phenoxy) is 1.